The zero-order valence-corrected chi connectivity index (χ0v) is 6.57. The van der Waals surface area contributed by atoms with Crippen LogP contribution in [0.25, 0.3) is 0 Å². The van der Waals surface area contributed by atoms with Gasteiger partial charge >= 0.3 is 0 Å². The van der Waals surface area contributed by atoms with Crippen LogP contribution in [0.2, 0.25) is 0 Å². The van der Waals surface area contributed by atoms with Gasteiger partial charge in [-0.15, -0.1) is 5.10 Å². The van der Waals surface area contributed by atoms with Crippen molar-refractivity contribution in [2.75, 3.05) is 19.7 Å². The minimum Gasteiger partial charge on any atom is -0.236 e. The molecule has 0 atom stereocenters. The van der Waals surface area contributed by atoms with Gasteiger partial charge in [0.1, 0.15) is 6.61 Å². The first-order chi connectivity index (χ1) is 5.47. The van der Waals surface area contributed by atoms with Crippen molar-refractivity contribution in [1.82, 2.24) is 10.3 Å². The van der Waals surface area contributed by atoms with Crippen molar-refractivity contribution < 1.29 is 4.84 Å². The summed E-state index contributed by atoms with van der Waals surface area (Å²) in [5.41, 5.74) is 0. The number of hydrogen-bond donors (Lipinski definition) is 0. The fourth-order valence-electron chi connectivity index (χ4n) is 1.44. The molecule has 11 heavy (non-hydrogen) atoms. The molecule has 0 unspecified atom stereocenters. The summed E-state index contributed by atoms with van der Waals surface area (Å²) in [5, 5.41) is 7.84. The molecule has 1 saturated heterocycles. The molecule has 0 aromatic rings. The fourth-order valence-corrected chi connectivity index (χ4v) is 1.44. The van der Waals surface area contributed by atoms with Gasteiger partial charge in [0.15, 0.2) is 0 Å². The van der Waals surface area contributed by atoms with E-state index in [-0.39, 0.29) is 0 Å². The Kier molecular flexibility index (Phi) is 2.05. The Morgan fingerprint density at radius 2 is 2.00 bits per heavy atom. The SMILES string of the molecule is C1=NN(N2CCCCC2)OC1. The van der Waals surface area contributed by atoms with Crippen molar-refractivity contribution in [3.8, 4) is 0 Å². The Labute approximate surface area is 66.3 Å². The highest BCUT2D eigenvalue weighted by molar-refractivity contribution is 5.58. The third-order valence-corrected chi connectivity index (χ3v) is 2.02. The molecule has 4 heteroatoms. The maximum atomic E-state index is 5.23. The maximum Gasteiger partial charge on any atom is 0.115 e. The average Bonchev–Trinajstić information content (AvgIpc) is 2.58. The van der Waals surface area contributed by atoms with Crippen molar-refractivity contribution in [3.63, 3.8) is 0 Å². The Morgan fingerprint density at radius 3 is 2.64 bits per heavy atom. The predicted molar refractivity (Wildman–Crippen MR) is 41.7 cm³/mol. The van der Waals surface area contributed by atoms with Gasteiger partial charge in [-0.2, -0.15) is 5.01 Å². The Balaban J connectivity index is 1.87. The quantitative estimate of drug-likeness (QED) is 0.555. The number of nitrogens with zero attached hydrogens (tertiary/aromatic N) is 3. The summed E-state index contributed by atoms with van der Waals surface area (Å²) in [7, 11) is 0. The fraction of sp³-hybridized carbons (Fsp3) is 0.857. The van der Waals surface area contributed by atoms with Crippen LogP contribution >= 0.6 is 0 Å². The van der Waals surface area contributed by atoms with Crippen molar-refractivity contribution in [2.24, 2.45) is 5.10 Å². The Bertz CT molecular complexity index is 154. The number of rotatable bonds is 1. The van der Waals surface area contributed by atoms with Gasteiger partial charge in [-0.05, 0) is 12.8 Å². The lowest BCUT2D eigenvalue weighted by molar-refractivity contribution is -0.268. The molecule has 2 heterocycles. The highest BCUT2D eigenvalue weighted by atomic mass is 16.8. The molecule has 2 rings (SSSR count). The average molecular weight is 155 g/mol. The van der Waals surface area contributed by atoms with E-state index in [9.17, 15) is 0 Å². The van der Waals surface area contributed by atoms with Gasteiger partial charge in [0, 0.05) is 13.1 Å². The second-order valence-electron chi connectivity index (χ2n) is 2.86. The molecule has 0 aromatic carbocycles. The van der Waals surface area contributed by atoms with E-state index in [2.05, 4.69) is 10.1 Å². The molecule has 0 spiro atoms. The summed E-state index contributed by atoms with van der Waals surface area (Å²) in [6.07, 6.45) is 5.65. The minimum absolute atomic E-state index is 0.622. The van der Waals surface area contributed by atoms with E-state index in [1.165, 1.54) is 19.3 Å². The van der Waals surface area contributed by atoms with Crippen molar-refractivity contribution in [2.45, 2.75) is 19.3 Å². The lowest BCUT2D eigenvalue weighted by Crippen LogP contribution is -2.40. The molecular weight excluding hydrogens is 142 g/mol. The van der Waals surface area contributed by atoms with Crippen LogP contribution in [0, 0.1) is 0 Å². The van der Waals surface area contributed by atoms with Crippen LogP contribution in [-0.2, 0) is 4.84 Å². The van der Waals surface area contributed by atoms with Crippen LogP contribution in [0.1, 0.15) is 19.3 Å². The van der Waals surface area contributed by atoms with Gasteiger partial charge in [0.05, 0.1) is 6.21 Å². The molecule has 0 N–H and O–H groups in total. The van der Waals surface area contributed by atoms with Gasteiger partial charge in [0.25, 0.3) is 0 Å². The molecule has 62 valence electrons. The van der Waals surface area contributed by atoms with Gasteiger partial charge < -0.3 is 0 Å². The van der Waals surface area contributed by atoms with E-state index in [0.29, 0.717) is 6.61 Å². The van der Waals surface area contributed by atoms with Crippen LogP contribution in [0.15, 0.2) is 5.10 Å². The molecule has 0 amide bonds. The summed E-state index contributed by atoms with van der Waals surface area (Å²) < 4.78 is 0. The lowest BCUT2D eigenvalue weighted by atomic mass is 10.2. The highest BCUT2D eigenvalue weighted by Gasteiger charge is 2.18. The second kappa shape index (κ2) is 3.19. The number of hydrogen-bond acceptors (Lipinski definition) is 4. The lowest BCUT2D eigenvalue weighted by Gasteiger charge is -2.30. The first kappa shape index (κ1) is 7.06. The molecule has 1 fully saturated rings. The topological polar surface area (TPSA) is 28.1 Å². The Hall–Kier alpha value is -0.610. The monoisotopic (exact) mass is 155 g/mol. The van der Waals surface area contributed by atoms with E-state index in [0.717, 1.165) is 13.1 Å². The van der Waals surface area contributed by atoms with E-state index >= 15 is 0 Å². The van der Waals surface area contributed by atoms with Crippen molar-refractivity contribution >= 4 is 6.21 Å². The maximum absolute atomic E-state index is 5.23. The summed E-state index contributed by atoms with van der Waals surface area (Å²) in [5.74, 6) is 0. The summed E-state index contributed by atoms with van der Waals surface area (Å²) >= 11 is 0. The molecule has 0 bridgehead atoms. The van der Waals surface area contributed by atoms with E-state index in [1.807, 2.05) is 0 Å². The molecule has 2 aliphatic rings. The molecule has 2 aliphatic heterocycles. The minimum atomic E-state index is 0.622. The van der Waals surface area contributed by atoms with Crippen LogP contribution < -0.4 is 0 Å². The van der Waals surface area contributed by atoms with Gasteiger partial charge in [-0.25, -0.2) is 4.84 Å². The standard InChI is InChI=1S/C7H13N3O/c1-2-5-9(6-3-1)10-8-4-7-11-10/h4H,1-3,5-7H2. The first-order valence-electron chi connectivity index (χ1n) is 4.17. The van der Waals surface area contributed by atoms with Crippen LogP contribution in [0.5, 0.6) is 0 Å². The van der Waals surface area contributed by atoms with Crippen LogP contribution in [0.4, 0.5) is 0 Å². The summed E-state index contributed by atoms with van der Waals surface area (Å²) in [4.78, 5) is 5.23. The third-order valence-electron chi connectivity index (χ3n) is 2.02. The predicted octanol–water partition coefficient (Wildman–Crippen LogP) is 0.620. The summed E-state index contributed by atoms with van der Waals surface area (Å²) in [6.45, 7) is 2.78. The molecule has 0 radical (unpaired) electrons. The van der Waals surface area contributed by atoms with Crippen LogP contribution in [-0.4, -0.2) is 36.2 Å². The largest absolute Gasteiger partial charge is 0.236 e. The van der Waals surface area contributed by atoms with E-state index in [1.54, 1.807) is 11.5 Å². The number of hydrazine groups is 1. The molecule has 0 aliphatic carbocycles. The van der Waals surface area contributed by atoms with E-state index in [4.69, 9.17) is 4.84 Å². The molecule has 0 aromatic heterocycles. The van der Waals surface area contributed by atoms with Gasteiger partial charge in [-0.3, -0.25) is 0 Å². The van der Waals surface area contributed by atoms with Gasteiger partial charge in [0.2, 0.25) is 0 Å². The zero-order valence-electron chi connectivity index (χ0n) is 6.57. The molecule has 4 nitrogen and oxygen atoms in total. The normalized spacial score (nSPS) is 26.4. The van der Waals surface area contributed by atoms with E-state index < -0.39 is 0 Å². The molecular formula is C7H13N3O. The zero-order chi connectivity index (χ0) is 7.52. The van der Waals surface area contributed by atoms with Gasteiger partial charge in [-0.1, -0.05) is 11.7 Å². The highest BCUT2D eigenvalue weighted by Crippen LogP contribution is 2.13. The van der Waals surface area contributed by atoms with Crippen molar-refractivity contribution in [1.29, 1.82) is 0 Å². The smallest absolute Gasteiger partial charge is 0.115 e. The van der Waals surface area contributed by atoms with Crippen molar-refractivity contribution in [3.05, 3.63) is 0 Å². The Morgan fingerprint density at radius 1 is 1.18 bits per heavy atom. The molecule has 0 saturated carbocycles. The van der Waals surface area contributed by atoms with Crippen LogP contribution in [0.3, 0.4) is 0 Å². The number of hydrazone groups is 1. The first-order valence-corrected chi connectivity index (χ1v) is 4.17. The number of piperidine rings is 1. The third kappa shape index (κ3) is 1.52. The second-order valence-corrected chi connectivity index (χ2v) is 2.86. The summed E-state index contributed by atoms with van der Waals surface area (Å²) in [6, 6.07) is 0.